The number of fused-ring (bicyclic) bond motifs is 3. The molecule has 9 aromatic rings. The zero-order chi connectivity index (χ0) is 36.6. The molecule has 0 aliphatic heterocycles. The van der Waals surface area contributed by atoms with Crippen LogP contribution in [0.1, 0.15) is 22.3 Å². The van der Waals surface area contributed by atoms with Crippen LogP contribution in [0.5, 0.6) is 0 Å². The van der Waals surface area contributed by atoms with Crippen molar-refractivity contribution in [3.63, 3.8) is 0 Å². The fourth-order valence-corrected chi connectivity index (χ4v) is 8.31. The van der Waals surface area contributed by atoms with Gasteiger partial charge in [0.2, 0.25) is 0 Å². The molecule has 1 aliphatic rings. The molecule has 4 nitrogen and oxygen atoms in total. The highest BCUT2D eigenvalue weighted by Crippen LogP contribution is 2.59. The van der Waals surface area contributed by atoms with Crippen LogP contribution in [0.25, 0.3) is 67.7 Å². The largest absolute Gasteiger partial charge is 0.256 e. The first-order chi connectivity index (χ1) is 27.3. The van der Waals surface area contributed by atoms with E-state index in [-0.39, 0.29) is 0 Å². The second-order valence-corrected chi connectivity index (χ2v) is 13.8. The molecule has 0 unspecified atom stereocenters. The zero-order valence-electron chi connectivity index (χ0n) is 29.9. The third-order valence-corrected chi connectivity index (χ3v) is 10.7. The maximum Gasteiger partial charge on any atom is 0.164 e. The van der Waals surface area contributed by atoms with Crippen LogP contribution in [0.2, 0.25) is 0 Å². The molecule has 0 fully saturated rings. The lowest BCUT2D eigenvalue weighted by Gasteiger charge is -2.37. The molecule has 2 heterocycles. The summed E-state index contributed by atoms with van der Waals surface area (Å²) in [6.07, 6.45) is 1.88. The number of nitrogens with zero attached hydrogens (tertiary/aromatic N) is 4. The Hall–Kier alpha value is -7.30. The Balaban J connectivity index is 1.17. The van der Waals surface area contributed by atoms with Gasteiger partial charge in [-0.3, -0.25) is 4.98 Å². The highest BCUT2D eigenvalue weighted by molar-refractivity contribution is 5.91. The fraction of sp³-hybridized carbons (Fsp3) is 0.0196. The average Bonchev–Trinajstić information content (AvgIpc) is 3.58. The molecule has 0 atom stereocenters. The van der Waals surface area contributed by atoms with Gasteiger partial charge in [0.15, 0.2) is 17.5 Å². The van der Waals surface area contributed by atoms with Crippen molar-refractivity contribution in [1.82, 2.24) is 19.9 Å². The summed E-state index contributed by atoms with van der Waals surface area (Å²) >= 11 is 0. The van der Waals surface area contributed by atoms with E-state index in [0.29, 0.717) is 17.5 Å². The Morgan fingerprint density at radius 2 is 0.636 bits per heavy atom. The van der Waals surface area contributed by atoms with Crippen LogP contribution in [-0.4, -0.2) is 19.9 Å². The van der Waals surface area contributed by atoms with Gasteiger partial charge in [0.25, 0.3) is 0 Å². The number of aromatic nitrogens is 4. The van der Waals surface area contributed by atoms with Gasteiger partial charge in [-0.15, -0.1) is 0 Å². The molecule has 0 saturated carbocycles. The topological polar surface area (TPSA) is 51.6 Å². The van der Waals surface area contributed by atoms with Crippen molar-refractivity contribution in [3.05, 3.63) is 229 Å². The van der Waals surface area contributed by atoms with Gasteiger partial charge in [0, 0.05) is 28.5 Å². The van der Waals surface area contributed by atoms with Gasteiger partial charge < -0.3 is 0 Å². The summed E-state index contributed by atoms with van der Waals surface area (Å²) in [6.45, 7) is 0. The van der Waals surface area contributed by atoms with Crippen molar-refractivity contribution in [2.24, 2.45) is 0 Å². The van der Waals surface area contributed by atoms with E-state index in [4.69, 9.17) is 19.9 Å². The Morgan fingerprint density at radius 1 is 0.273 bits per heavy atom. The van der Waals surface area contributed by atoms with Gasteiger partial charge in [0.1, 0.15) is 0 Å². The first-order valence-electron chi connectivity index (χ1n) is 18.6. The predicted octanol–water partition coefficient (Wildman–Crippen LogP) is 12.0. The van der Waals surface area contributed by atoms with E-state index in [1.165, 1.54) is 33.4 Å². The van der Waals surface area contributed by atoms with Crippen LogP contribution in [0, 0.1) is 0 Å². The first kappa shape index (κ1) is 32.4. The quantitative estimate of drug-likeness (QED) is 0.166. The van der Waals surface area contributed by atoms with Crippen LogP contribution >= 0.6 is 0 Å². The summed E-state index contributed by atoms with van der Waals surface area (Å²) in [5.41, 5.74) is 13.9. The third kappa shape index (κ3) is 5.46. The lowest BCUT2D eigenvalue weighted by Crippen LogP contribution is -2.30. The van der Waals surface area contributed by atoms with Gasteiger partial charge in [-0.1, -0.05) is 188 Å². The average molecular weight is 703 g/mol. The number of pyridine rings is 1. The highest BCUT2D eigenvalue weighted by Gasteiger charge is 2.48. The molecular weight excluding hydrogens is 669 g/mol. The zero-order valence-corrected chi connectivity index (χ0v) is 29.9. The summed E-state index contributed by atoms with van der Waals surface area (Å²) in [6, 6.07) is 70.4. The molecule has 55 heavy (non-hydrogen) atoms. The van der Waals surface area contributed by atoms with Crippen LogP contribution in [0.4, 0.5) is 0 Å². The molecule has 0 radical (unpaired) electrons. The van der Waals surface area contributed by atoms with E-state index in [1.54, 1.807) is 0 Å². The molecule has 7 aromatic carbocycles. The van der Waals surface area contributed by atoms with E-state index in [1.807, 2.05) is 72.9 Å². The van der Waals surface area contributed by atoms with Gasteiger partial charge in [-0.2, -0.15) is 0 Å². The lowest BCUT2D eigenvalue weighted by atomic mass is 9.64. The number of hydrogen-bond donors (Lipinski definition) is 0. The summed E-state index contributed by atoms with van der Waals surface area (Å²) < 4.78 is 0. The first-order valence-corrected chi connectivity index (χ1v) is 18.6. The van der Waals surface area contributed by atoms with Crippen molar-refractivity contribution in [3.8, 4) is 67.7 Å². The number of benzene rings is 7. The Morgan fingerprint density at radius 3 is 1.13 bits per heavy atom. The summed E-state index contributed by atoms with van der Waals surface area (Å²) in [5, 5.41) is 0. The van der Waals surface area contributed by atoms with E-state index in [9.17, 15) is 0 Å². The van der Waals surface area contributed by atoms with Gasteiger partial charge in [0.05, 0.1) is 11.1 Å². The SMILES string of the molecule is c1ccc(-c2nc(-c3ccccc3)nc(-c3ccc(-c4ccccc4C4(c5ccccc5-c5ccccn5)c5ccccc5-c5ccccc54)cc3)n2)cc1. The third-order valence-electron chi connectivity index (χ3n) is 10.7. The lowest BCUT2D eigenvalue weighted by molar-refractivity contribution is 0.772. The van der Waals surface area contributed by atoms with Crippen molar-refractivity contribution >= 4 is 0 Å². The summed E-state index contributed by atoms with van der Waals surface area (Å²) in [7, 11) is 0. The van der Waals surface area contributed by atoms with Crippen molar-refractivity contribution < 1.29 is 0 Å². The highest BCUT2D eigenvalue weighted by atomic mass is 15.0. The minimum Gasteiger partial charge on any atom is -0.256 e. The Bertz CT molecular complexity index is 2690. The molecular formula is C51H34N4. The predicted molar refractivity (Wildman–Crippen MR) is 222 cm³/mol. The van der Waals surface area contributed by atoms with Crippen LogP contribution in [-0.2, 0) is 5.41 Å². The van der Waals surface area contributed by atoms with E-state index in [2.05, 4.69) is 133 Å². The van der Waals surface area contributed by atoms with Crippen LogP contribution in [0.3, 0.4) is 0 Å². The molecule has 2 aromatic heterocycles. The summed E-state index contributed by atoms with van der Waals surface area (Å²) in [4.78, 5) is 19.8. The minimum absolute atomic E-state index is 0.625. The van der Waals surface area contributed by atoms with Crippen LogP contribution < -0.4 is 0 Å². The standard InChI is InChI=1S/C51H34N4/c1-3-17-36(18-4-1)48-53-49(37-19-5-2-6-20-37)55-50(54-48)38-32-30-35(31-33-38)39-21-7-11-25-43(39)51(46-28-14-10-24-42(46)47-29-15-16-34-52-47)44-26-12-8-22-40(44)41-23-9-13-27-45(41)51/h1-34H. The maximum absolute atomic E-state index is 4.99. The minimum atomic E-state index is -0.625. The maximum atomic E-state index is 4.99. The molecule has 258 valence electrons. The van der Waals surface area contributed by atoms with Crippen molar-refractivity contribution in [2.75, 3.05) is 0 Å². The molecule has 1 aliphatic carbocycles. The van der Waals surface area contributed by atoms with Gasteiger partial charge in [-0.05, 0) is 56.6 Å². The van der Waals surface area contributed by atoms with Crippen molar-refractivity contribution in [1.29, 1.82) is 0 Å². The summed E-state index contributed by atoms with van der Waals surface area (Å²) in [5.74, 6) is 1.92. The van der Waals surface area contributed by atoms with E-state index < -0.39 is 5.41 Å². The fourth-order valence-electron chi connectivity index (χ4n) is 8.31. The molecule has 0 N–H and O–H groups in total. The molecule has 10 rings (SSSR count). The molecule has 0 amide bonds. The Labute approximate surface area is 320 Å². The second kappa shape index (κ2) is 13.6. The molecule has 4 heteroatoms. The van der Waals surface area contributed by atoms with Gasteiger partial charge in [-0.25, -0.2) is 15.0 Å². The monoisotopic (exact) mass is 702 g/mol. The molecule has 0 spiro atoms. The smallest absolute Gasteiger partial charge is 0.164 e. The van der Waals surface area contributed by atoms with Gasteiger partial charge >= 0.3 is 0 Å². The van der Waals surface area contributed by atoms with E-state index in [0.717, 1.165) is 39.1 Å². The normalized spacial score (nSPS) is 12.5. The van der Waals surface area contributed by atoms with E-state index >= 15 is 0 Å². The number of hydrogen-bond acceptors (Lipinski definition) is 4. The van der Waals surface area contributed by atoms with Crippen molar-refractivity contribution in [2.45, 2.75) is 5.41 Å². The number of rotatable bonds is 7. The second-order valence-electron chi connectivity index (χ2n) is 13.8. The Kier molecular flexibility index (Phi) is 8.00. The molecule has 0 saturated heterocycles. The van der Waals surface area contributed by atoms with Crippen LogP contribution in [0.15, 0.2) is 206 Å². The molecule has 0 bridgehead atoms.